The van der Waals surface area contributed by atoms with E-state index < -0.39 is 0 Å². The molecule has 1 aliphatic carbocycles. The van der Waals surface area contributed by atoms with Crippen LogP contribution in [0.2, 0.25) is 0 Å². The van der Waals surface area contributed by atoms with Crippen LogP contribution in [-0.4, -0.2) is 42.3 Å². The zero-order valence-electron chi connectivity index (χ0n) is 12.2. The van der Waals surface area contributed by atoms with E-state index in [1.54, 1.807) is 31.3 Å². The van der Waals surface area contributed by atoms with Gasteiger partial charge in [-0.3, -0.25) is 9.59 Å². The molecular weight excluding hydrogens is 270 g/mol. The number of anilines is 1. The number of hydrogen-bond acceptors (Lipinski definition) is 3. The molecule has 0 radical (unpaired) electrons. The van der Waals surface area contributed by atoms with Crippen LogP contribution in [0.5, 0.6) is 0 Å². The average molecular weight is 289 g/mol. The fraction of sp³-hybridized carbons (Fsp3) is 0.400. The number of nitrogens with zero attached hydrogens (tertiary/aromatic N) is 1. The number of benzene rings is 1. The second-order valence-electron chi connectivity index (χ2n) is 5.26. The van der Waals surface area contributed by atoms with E-state index in [0.29, 0.717) is 11.3 Å². The van der Waals surface area contributed by atoms with Crippen molar-refractivity contribution in [3.63, 3.8) is 0 Å². The predicted octanol–water partition coefficient (Wildman–Crippen LogP) is 1.63. The molecule has 0 bridgehead atoms. The van der Waals surface area contributed by atoms with Crippen LogP contribution >= 0.6 is 0 Å². The van der Waals surface area contributed by atoms with Crippen molar-refractivity contribution < 1.29 is 14.4 Å². The maximum Gasteiger partial charge on any atom is 0.322 e. The summed E-state index contributed by atoms with van der Waals surface area (Å²) in [4.78, 5) is 36.0. The second kappa shape index (κ2) is 6.39. The number of carbonyl (C=O) groups is 3. The topological polar surface area (TPSA) is 78.5 Å². The van der Waals surface area contributed by atoms with Gasteiger partial charge in [-0.2, -0.15) is 0 Å². The first kappa shape index (κ1) is 15.0. The average Bonchev–Trinajstić information content (AvgIpc) is 3.22. The summed E-state index contributed by atoms with van der Waals surface area (Å²) >= 11 is 0. The number of likely N-dealkylation sites (N-methyl/N-ethyl adjacent to an activating group) is 1. The summed E-state index contributed by atoms with van der Waals surface area (Å²) < 4.78 is 0. The Kier molecular flexibility index (Phi) is 4.57. The minimum atomic E-state index is -0.364. The van der Waals surface area contributed by atoms with Gasteiger partial charge in [0, 0.05) is 24.3 Å². The van der Waals surface area contributed by atoms with Crippen molar-refractivity contribution in [2.75, 3.05) is 18.9 Å². The van der Waals surface area contributed by atoms with E-state index in [1.807, 2.05) is 0 Å². The van der Waals surface area contributed by atoms with Gasteiger partial charge in [-0.25, -0.2) is 4.79 Å². The number of hydrogen-bond donors (Lipinski definition) is 2. The molecule has 0 aliphatic heterocycles. The molecule has 0 saturated heterocycles. The number of amides is 3. The largest absolute Gasteiger partial charge is 0.352 e. The highest BCUT2D eigenvalue weighted by molar-refractivity contribution is 5.95. The molecule has 0 aromatic heterocycles. The lowest BCUT2D eigenvalue weighted by atomic mass is 10.1. The van der Waals surface area contributed by atoms with Crippen molar-refractivity contribution in [2.45, 2.75) is 25.8 Å². The summed E-state index contributed by atoms with van der Waals surface area (Å²) in [6, 6.07) is 6.54. The first-order valence-electron chi connectivity index (χ1n) is 6.88. The van der Waals surface area contributed by atoms with Gasteiger partial charge in [0.2, 0.25) is 5.91 Å². The molecule has 0 spiro atoms. The molecule has 3 amide bonds. The molecule has 0 atom stereocenters. The van der Waals surface area contributed by atoms with Gasteiger partial charge in [0.25, 0.3) is 0 Å². The summed E-state index contributed by atoms with van der Waals surface area (Å²) in [7, 11) is 1.56. The molecule has 1 saturated carbocycles. The van der Waals surface area contributed by atoms with Gasteiger partial charge in [0.05, 0.1) is 0 Å². The van der Waals surface area contributed by atoms with Gasteiger partial charge in [-0.15, -0.1) is 0 Å². The highest BCUT2D eigenvalue weighted by Gasteiger charge is 2.24. The fourth-order valence-corrected chi connectivity index (χ4v) is 1.80. The highest BCUT2D eigenvalue weighted by Crippen LogP contribution is 2.18. The van der Waals surface area contributed by atoms with E-state index in [2.05, 4.69) is 10.6 Å². The molecule has 1 aromatic rings. The number of carbonyl (C=O) groups excluding carboxylic acids is 3. The fourth-order valence-electron chi connectivity index (χ4n) is 1.80. The minimum Gasteiger partial charge on any atom is -0.352 e. The number of Topliss-reactive ketones (excluding diaryl/α,β-unsaturated/α-hetero) is 1. The molecule has 2 N–H and O–H groups in total. The first-order chi connectivity index (χ1) is 9.95. The standard InChI is InChI=1S/C15H19N3O3/c1-10(19)11-3-5-13(6-4-11)17-15(21)18(2)9-14(20)16-12-7-8-12/h3-6,12H,7-9H2,1-2H3,(H,16,20)(H,17,21). The van der Waals surface area contributed by atoms with E-state index in [9.17, 15) is 14.4 Å². The Labute approximate surface area is 123 Å². The molecule has 0 unspecified atom stereocenters. The van der Waals surface area contributed by atoms with Crippen molar-refractivity contribution >= 4 is 23.4 Å². The summed E-state index contributed by atoms with van der Waals surface area (Å²) in [5, 5.41) is 5.50. The van der Waals surface area contributed by atoms with E-state index in [-0.39, 0.29) is 30.3 Å². The maximum absolute atomic E-state index is 11.9. The minimum absolute atomic E-state index is 0.0217. The highest BCUT2D eigenvalue weighted by atomic mass is 16.2. The molecule has 21 heavy (non-hydrogen) atoms. The molecule has 1 aliphatic rings. The Bertz CT molecular complexity index is 550. The van der Waals surface area contributed by atoms with E-state index in [1.165, 1.54) is 11.8 Å². The van der Waals surface area contributed by atoms with Crippen LogP contribution in [0.15, 0.2) is 24.3 Å². The van der Waals surface area contributed by atoms with E-state index >= 15 is 0 Å². The van der Waals surface area contributed by atoms with Crippen LogP contribution in [0.4, 0.5) is 10.5 Å². The van der Waals surface area contributed by atoms with Crippen molar-refractivity contribution in [1.29, 1.82) is 0 Å². The molecule has 6 heteroatoms. The lowest BCUT2D eigenvalue weighted by molar-refractivity contribution is -0.121. The number of rotatable bonds is 5. The van der Waals surface area contributed by atoms with Gasteiger partial charge in [0.1, 0.15) is 6.54 Å². The zero-order chi connectivity index (χ0) is 15.4. The third-order valence-corrected chi connectivity index (χ3v) is 3.21. The molecule has 112 valence electrons. The SMILES string of the molecule is CC(=O)c1ccc(NC(=O)N(C)CC(=O)NC2CC2)cc1. The molecule has 1 aromatic carbocycles. The summed E-state index contributed by atoms with van der Waals surface area (Å²) in [5.41, 5.74) is 1.17. The maximum atomic E-state index is 11.9. The number of urea groups is 1. The van der Waals surface area contributed by atoms with Crippen LogP contribution in [0.3, 0.4) is 0 Å². The molecule has 0 heterocycles. The molecule has 6 nitrogen and oxygen atoms in total. The Morgan fingerprint density at radius 3 is 2.33 bits per heavy atom. The second-order valence-corrected chi connectivity index (χ2v) is 5.26. The van der Waals surface area contributed by atoms with Crippen molar-refractivity contribution in [3.05, 3.63) is 29.8 Å². The van der Waals surface area contributed by atoms with E-state index in [4.69, 9.17) is 0 Å². The predicted molar refractivity (Wildman–Crippen MR) is 79.3 cm³/mol. The van der Waals surface area contributed by atoms with Crippen molar-refractivity contribution in [1.82, 2.24) is 10.2 Å². The van der Waals surface area contributed by atoms with Crippen LogP contribution in [0.25, 0.3) is 0 Å². The van der Waals surface area contributed by atoms with Gasteiger partial charge < -0.3 is 15.5 Å². The van der Waals surface area contributed by atoms with Gasteiger partial charge in [0.15, 0.2) is 5.78 Å². The van der Waals surface area contributed by atoms with Crippen molar-refractivity contribution in [2.24, 2.45) is 0 Å². The normalized spacial score (nSPS) is 13.4. The number of nitrogens with one attached hydrogen (secondary N) is 2. The van der Waals surface area contributed by atoms with Gasteiger partial charge in [-0.05, 0) is 44.0 Å². The summed E-state index contributed by atoms with van der Waals surface area (Å²) in [6.45, 7) is 1.51. The smallest absolute Gasteiger partial charge is 0.322 e. The Balaban J connectivity index is 1.84. The third kappa shape index (κ3) is 4.59. The summed E-state index contributed by atoms with van der Waals surface area (Å²) in [5.74, 6) is -0.177. The van der Waals surface area contributed by atoms with Crippen molar-refractivity contribution in [3.8, 4) is 0 Å². The van der Waals surface area contributed by atoms with Crippen LogP contribution in [0.1, 0.15) is 30.1 Å². The van der Waals surface area contributed by atoms with Crippen LogP contribution in [0, 0.1) is 0 Å². The first-order valence-corrected chi connectivity index (χ1v) is 6.88. The molecule has 1 fully saturated rings. The van der Waals surface area contributed by atoms with Crippen LogP contribution in [-0.2, 0) is 4.79 Å². The van der Waals surface area contributed by atoms with Gasteiger partial charge in [-0.1, -0.05) is 0 Å². The quantitative estimate of drug-likeness (QED) is 0.809. The molecular formula is C15H19N3O3. The van der Waals surface area contributed by atoms with E-state index in [0.717, 1.165) is 12.8 Å². The third-order valence-electron chi connectivity index (χ3n) is 3.21. The Morgan fingerprint density at radius 2 is 1.81 bits per heavy atom. The Hall–Kier alpha value is -2.37. The Morgan fingerprint density at radius 1 is 1.19 bits per heavy atom. The summed E-state index contributed by atoms with van der Waals surface area (Å²) in [6.07, 6.45) is 2.04. The lowest BCUT2D eigenvalue weighted by Gasteiger charge is -2.17. The molecule has 2 rings (SSSR count). The zero-order valence-corrected chi connectivity index (χ0v) is 12.2. The number of ketones is 1. The monoisotopic (exact) mass is 289 g/mol. The van der Waals surface area contributed by atoms with Gasteiger partial charge >= 0.3 is 6.03 Å². The lowest BCUT2D eigenvalue weighted by Crippen LogP contribution is -2.41. The van der Waals surface area contributed by atoms with Crippen LogP contribution < -0.4 is 10.6 Å².